The van der Waals surface area contributed by atoms with Crippen LogP contribution in [-0.4, -0.2) is 19.2 Å². The fourth-order valence-electron chi connectivity index (χ4n) is 5.83. The highest BCUT2D eigenvalue weighted by Gasteiger charge is 2.24. The molecule has 40 heavy (non-hydrogen) atoms. The van der Waals surface area contributed by atoms with E-state index in [9.17, 15) is 0 Å². The molecule has 0 aliphatic heterocycles. The summed E-state index contributed by atoms with van der Waals surface area (Å²) < 4.78 is 4.42. The summed E-state index contributed by atoms with van der Waals surface area (Å²) in [4.78, 5) is 4.72. The lowest BCUT2D eigenvalue weighted by atomic mass is 9.99. The van der Waals surface area contributed by atoms with Gasteiger partial charge in [-0.2, -0.15) is 5.10 Å². The number of pyridine rings is 2. The van der Waals surface area contributed by atoms with Gasteiger partial charge in [0.05, 0.1) is 28.1 Å². The second kappa shape index (κ2) is 9.07. The summed E-state index contributed by atoms with van der Waals surface area (Å²) >= 11 is 0. The highest BCUT2D eigenvalue weighted by Crippen LogP contribution is 2.42. The predicted octanol–water partition coefficient (Wildman–Crippen LogP) is 8.83. The van der Waals surface area contributed by atoms with E-state index in [1.165, 1.54) is 5.39 Å². The molecule has 0 aliphatic carbocycles. The third kappa shape index (κ3) is 3.47. The molecule has 0 unspecified atom stereocenters. The first-order valence-electron chi connectivity index (χ1n) is 13.4. The molecule has 4 aromatic heterocycles. The van der Waals surface area contributed by atoms with Crippen molar-refractivity contribution in [3.63, 3.8) is 0 Å². The van der Waals surface area contributed by atoms with Gasteiger partial charge in [-0.1, -0.05) is 97.1 Å². The Labute approximate surface area is 231 Å². The first-order chi connectivity index (χ1) is 19.9. The van der Waals surface area contributed by atoms with Crippen LogP contribution in [0.5, 0.6) is 0 Å². The lowest BCUT2D eigenvalue weighted by Gasteiger charge is -2.11. The summed E-state index contributed by atoms with van der Waals surface area (Å²) in [5, 5.41) is 8.91. The molecule has 0 saturated heterocycles. The number of para-hydroxylation sites is 2. The number of rotatable bonds is 4. The monoisotopic (exact) mass is 512 g/mol. The molecule has 0 saturated carbocycles. The molecule has 0 bridgehead atoms. The fraction of sp³-hybridized carbons (Fsp3) is 0. The highest BCUT2D eigenvalue weighted by atomic mass is 15.2. The molecule has 8 aromatic rings. The molecule has 0 spiro atoms. The molecular formula is C36H24N4. The van der Waals surface area contributed by atoms with Gasteiger partial charge >= 0.3 is 0 Å². The maximum Gasteiger partial charge on any atom is 0.118 e. The number of fused-ring (bicyclic) bond motifs is 4. The summed E-state index contributed by atoms with van der Waals surface area (Å²) in [5.41, 5.74) is 9.38. The van der Waals surface area contributed by atoms with Crippen molar-refractivity contribution in [3.8, 4) is 39.6 Å². The first kappa shape index (κ1) is 22.5. The molecular weight excluding hydrogens is 488 g/mol. The Morgan fingerprint density at radius 1 is 0.550 bits per heavy atom. The molecule has 0 N–H and O–H groups in total. The van der Waals surface area contributed by atoms with Crippen molar-refractivity contribution < 1.29 is 0 Å². The Kier molecular flexibility index (Phi) is 5.10. The van der Waals surface area contributed by atoms with E-state index in [1.807, 2.05) is 24.4 Å². The van der Waals surface area contributed by atoms with E-state index < -0.39 is 0 Å². The molecule has 0 atom stereocenters. The van der Waals surface area contributed by atoms with E-state index in [0.29, 0.717) is 0 Å². The fourth-order valence-corrected chi connectivity index (χ4v) is 5.83. The van der Waals surface area contributed by atoms with Gasteiger partial charge in [0.2, 0.25) is 0 Å². The van der Waals surface area contributed by atoms with Crippen molar-refractivity contribution in [1.82, 2.24) is 19.2 Å². The average Bonchev–Trinajstić information content (AvgIpc) is 3.62. The number of aromatic nitrogens is 4. The quantitative estimate of drug-likeness (QED) is 0.236. The van der Waals surface area contributed by atoms with Gasteiger partial charge in [0.1, 0.15) is 5.69 Å². The van der Waals surface area contributed by atoms with E-state index in [0.717, 1.165) is 61.4 Å². The Balaban J connectivity index is 1.57. The number of nitrogens with zero attached hydrogens (tertiary/aromatic N) is 4. The van der Waals surface area contributed by atoms with Crippen LogP contribution in [0.1, 0.15) is 0 Å². The number of hydrogen-bond donors (Lipinski definition) is 0. The van der Waals surface area contributed by atoms with Crippen LogP contribution in [0.4, 0.5) is 0 Å². The summed E-state index contributed by atoms with van der Waals surface area (Å²) in [6.07, 6.45) is 1.84. The van der Waals surface area contributed by atoms with E-state index in [2.05, 4.69) is 130 Å². The summed E-state index contributed by atoms with van der Waals surface area (Å²) in [5.74, 6) is 0. The van der Waals surface area contributed by atoms with Crippen LogP contribution in [0.15, 0.2) is 146 Å². The number of benzene rings is 4. The zero-order valence-corrected chi connectivity index (χ0v) is 21.6. The van der Waals surface area contributed by atoms with Gasteiger partial charge < -0.3 is 4.57 Å². The lowest BCUT2D eigenvalue weighted by molar-refractivity contribution is 0.963. The predicted molar refractivity (Wildman–Crippen MR) is 164 cm³/mol. The minimum Gasteiger partial charge on any atom is -0.308 e. The smallest absolute Gasteiger partial charge is 0.118 e. The Hall–Kier alpha value is -5.48. The molecule has 4 aromatic carbocycles. The van der Waals surface area contributed by atoms with Crippen LogP contribution >= 0.6 is 0 Å². The van der Waals surface area contributed by atoms with Gasteiger partial charge in [-0.15, -0.1) is 0 Å². The van der Waals surface area contributed by atoms with Crippen molar-refractivity contribution in [3.05, 3.63) is 146 Å². The van der Waals surface area contributed by atoms with Crippen molar-refractivity contribution in [1.29, 1.82) is 0 Å². The average molecular weight is 513 g/mol. The minimum atomic E-state index is 0.885. The second-order valence-electron chi connectivity index (χ2n) is 9.94. The van der Waals surface area contributed by atoms with Crippen LogP contribution in [0.25, 0.3) is 66.8 Å². The molecule has 0 radical (unpaired) electrons. The summed E-state index contributed by atoms with van der Waals surface area (Å²) in [6, 6.07) is 48.7. The molecule has 0 aliphatic rings. The molecule has 0 fully saturated rings. The SMILES string of the molecule is c1ccc(-c2c(-c3cc4ccccc4n3-c3ccccc3)nn3c(-c4ccccn4)cc4ccccc4c23)cc1. The van der Waals surface area contributed by atoms with Gasteiger partial charge in [-0.05, 0) is 53.4 Å². The van der Waals surface area contributed by atoms with Crippen molar-refractivity contribution in [2.24, 2.45) is 0 Å². The standard InChI is InChI=1S/C36H24N4/c1-3-13-25(14-4-1)34-35(33-24-27-16-8-10-21-31(27)39(33)28-17-5-2-6-18-28)38-40-32(30-20-11-12-22-37-30)23-26-15-7-9-19-29(26)36(34)40/h1-24H. The summed E-state index contributed by atoms with van der Waals surface area (Å²) in [7, 11) is 0. The topological polar surface area (TPSA) is 35.1 Å². The molecule has 4 heteroatoms. The molecule has 4 nitrogen and oxygen atoms in total. The van der Waals surface area contributed by atoms with Gasteiger partial charge in [-0.25, -0.2) is 4.52 Å². The maximum atomic E-state index is 5.42. The lowest BCUT2D eigenvalue weighted by Crippen LogP contribution is -1.99. The Bertz CT molecular complexity index is 2140. The molecule has 4 heterocycles. The molecule has 0 amide bonds. The first-order valence-corrected chi connectivity index (χ1v) is 13.4. The van der Waals surface area contributed by atoms with Crippen molar-refractivity contribution in [2.75, 3.05) is 0 Å². The zero-order valence-electron chi connectivity index (χ0n) is 21.6. The van der Waals surface area contributed by atoms with Gasteiger partial charge in [0.25, 0.3) is 0 Å². The maximum absolute atomic E-state index is 5.42. The normalized spacial score (nSPS) is 11.5. The van der Waals surface area contributed by atoms with Gasteiger partial charge in [0.15, 0.2) is 0 Å². The zero-order chi connectivity index (χ0) is 26.5. The van der Waals surface area contributed by atoms with Crippen LogP contribution < -0.4 is 0 Å². The highest BCUT2D eigenvalue weighted by molar-refractivity contribution is 6.09. The summed E-state index contributed by atoms with van der Waals surface area (Å²) in [6.45, 7) is 0. The number of hydrogen-bond acceptors (Lipinski definition) is 2. The minimum absolute atomic E-state index is 0.885. The van der Waals surface area contributed by atoms with E-state index in [1.54, 1.807) is 0 Å². The van der Waals surface area contributed by atoms with E-state index in [-0.39, 0.29) is 0 Å². The van der Waals surface area contributed by atoms with E-state index >= 15 is 0 Å². The molecule has 188 valence electrons. The van der Waals surface area contributed by atoms with E-state index in [4.69, 9.17) is 10.1 Å². The van der Waals surface area contributed by atoms with Gasteiger partial charge in [0, 0.05) is 28.2 Å². The van der Waals surface area contributed by atoms with Crippen LogP contribution in [0.2, 0.25) is 0 Å². The molecule has 8 rings (SSSR count). The van der Waals surface area contributed by atoms with Gasteiger partial charge in [-0.3, -0.25) is 4.98 Å². The Morgan fingerprint density at radius 2 is 1.23 bits per heavy atom. The third-order valence-corrected chi connectivity index (χ3v) is 7.58. The van der Waals surface area contributed by atoms with Crippen LogP contribution in [0.3, 0.4) is 0 Å². The van der Waals surface area contributed by atoms with Crippen LogP contribution in [0, 0.1) is 0 Å². The van der Waals surface area contributed by atoms with Crippen LogP contribution in [-0.2, 0) is 0 Å². The van der Waals surface area contributed by atoms with Crippen molar-refractivity contribution in [2.45, 2.75) is 0 Å². The second-order valence-corrected chi connectivity index (χ2v) is 9.94. The largest absolute Gasteiger partial charge is 0.308 e. The third-order valence-electron chi connectivity index (χ3n) is 7.58. The Morgan fingerprint density at radius 3 is 2.02 bits per heavy atom. The van der Waals surface area contributed by atoms with Crippen molar-refractivity contribution >= 4 is 27.2 Å².